The maximum atomic E-state index is 11.9. The van der Waals surface area contributed by atoms with Gasteiger partial charge in [0.25, 0.3) is 0 Å². The van der Waals surface area contributed by atoms with E-state index in [1.165, 1.54) is 7.05 Å². The van der Waals surface area contributed by atoms with Crippen LogP contribution in [0.2, 0.25) is 0 Å². The lowest BCUT2D eigenvalue weighted by Crippen LogP contribution is -2.41. The highest BCUT2D eigenvalue weighted by atomic mass is 16.2. The lowest BCUT2D eigenvalue weighted by atomic mass is 9.91. The van der Waals surface area contributed by atoms with Crippen LogP contribution in [0.15, 0.2) is 60.7 Å². The minimum atomic E-state index is -0.372. The highest BCUT2D eigenvalue weighted by molar-refractivity contribution is 5.83. The molecule has 5 heteroatoms. The second-order valence-electron chi connectivity index (χ2n) is 5.11. The van der Waals surface area contributed by atoms with E-state index >= 15 is 0 Å². The number of carbonyl (C=O) groups is 2. The average Bonchev–Trinajstić information content (AvgIpc) is 2.61. The predicted octanol–water partition coefficient (Wildman–Crippen LogP) is 1.86. The van der Waals surface area contributed by atoms with Gasteiger partial charge in [-0.3, -0.25) is 4.79 Å². The first-order valence-electron chi connectivity index (χ1n) is 7.53. The molecule has 2 aromatic carbocycles. The number of benzene rings is 2. The Kier molecular flexibility index (Phi) is 6.17. The summed E-state index contributed by atoms with van der Waals surface area (Å²) >= 11 is 0. The number of nitrogens with one attached hydrogen (secondary N) is 3. The molecule has 0 aromatic heterocycles. The fraction of sp³-hybridized carbons (Fsp3) is 0.222. The summed E-state index contributed by atoms with van der Waals surface area (Å²) in [5, 5.41) is 7.76. The van der Waals surface area contributed by atoms with Gasteiger partial charge in [0.05, 0.1) is 6.54 Å². The molecule has 0 aliphatic carbocycles. The third-order valence-corrected chi connectivity index (χ3v) is 3.54. The Hall–Kier alpha value is -2.82. The summed E-state index contributed by atoms with van der Waals surface area (Å²) in [6.07, 6.45) is 0. The minimum Gasteiger partial charge on any atom is -0.354 e. The molecule has 0 bridgehead atoms. The standard InChI is InChI=1S/C18H21N3O2/c1-19-18(23)21-13-17(22)20-12-16(14-8-4-2-5-9-14)15-10-6-3-7-11-15/h2-11,16H,12-13H2,1H3,(H,20,22)(H2,19,21,23). The molecule has 3 amide bonds. The number of amides is 3. The Morgan fingerprint density at radius 1 is 0.870 bits per heavy atom. The first-order valence-corrected chi connectivity index (χ1v) is 7.53. The van der Waals surface area contributed by atoms with Gasteiger partial charge < -0.3 is 16.0 Å². The van der Waals surface area contributed by atoms with Crippen LogP contribution in [-0.4, -0.2) is 32.1 Å². The topological polar surface area (TPSA) is 70.2 Å². The van der Waals surface area contributed by atoms with Gasteiger partial charge in [0.1, 0.15) is 0 Å². The van der Waals surface area contributed by atoms with E-state index < -0.39 is 0 Å². The van der Waals surface area contributed by atoms with Crippen molar-refractivity contribution in [1.29, 1.82) is 0 Å². The summed E-state index contributed by atoms with van der Waals surface area (Å²) in [6, 6.07) is 19.7. The van der Waals surface area contributed by atoms with Crippen LogP contribution in [0.4, 0.5) is 4.79 Å². The van der Waals surface area contributed by atoms with Gasteiger partial charge in [-0.15, -0.1) is 0 Å². The second-order valence-corrected chi connectivity index (χ2v) is 5.11. The van der Waals surface area contributed by atoms with Gasteiger partial charge in [0.2, 0.25) is 5.91 Å². The van der Waals surface area contributed by atoms with E-state index in [0.717, 1.165) is 11.1 Å². The lowest BCUT2D eigenvalue weighted by molar-refractivity contribution is -0.120. The number of carbonyl (C=O) groups excluding carboxylic acids is 2. The third kappa shape index (κ3) is 5.14. The van der Waals surface area contributed by atoms with Crippen molar-refractivity contribution in [3.8, 4) is 0 Å². The molecule has 0 radical (unpaired) electrons. The molecule has 23 heavy (non-hydrogen) atoms. The van der Waals surface area contributed by atoms with Gasteiger partial charge in [-0.1, -0.05) is 60.7 Å². The first-order chi connectivity index (χ1) is 11.2. The molecule has 0 atom stereocenters. The lowest BCUT2D eigenvalue weighted by Gasteiger charge is -2.19. The van der Waals surface area contributed by atoms with E-state index in [4.69, 9.17) is 0 Å². The second kappa shape index (κ2) is 8.58. The van der Waals surface area contributed by atoms with Crippen LogP contribution in [0.5, 0.6) is 0 Å². The third-order valence-electron chi connectivity index (χ3n) is 3.54. The summed E-state index contributed by atoms with van der Waals surface area (Å²) < 4.78 is 0. The maximum Gasteiger partial charge on any atom is 0.314 e. The van der Waals surface area contributed by atoms with E-state index in [9.17, 15) is 9.59 Å². The summed E-state index contributed by atoms with van der Waals surface area (Å²) in [7, 11) is 1.51. The SMILES string of the molecule is CNC(=O)NCC(=O)NCC(c1ccccc1)c1ccccc1. The molecular weight excluding hydrogens is 290 g/mol. The average molecular weight is 311 g/mol. The molecule has 0 fully saturated rings. The van der Waals surface area contributed by atoms with Crippen LogP contribution in [0.3, 0.4) is 0 Å². The van der Waals surface area contributed by atoms with Crippen molar-refractivity contribution in [1.82, 2.24) is 16.0 Å². The molecule has 0 heterocycles. The van der Waals surface area contributed by atoms with Crippen molar-refractivity contribution in [2.75, 3.05) is 20.1 Å². The normalized spacial score (nSPS) is 10.2. The summed E-state index contributed by atoms with van der Waals surface area (Å²) in [4.78, 5) is 23.0. The van der Waals surface area contributed by atoms with Crippen LogP contribution < -0.4 is 16.0 Å². The first kappa shape index (κ1) is 16.5. The van der Waals surface area contributed by atoms with Gasteiger partial charge in [0, 0.05) is 19.5 Å². The van der Waals surface area contributed by atoms with E-state index in [1.807, 2.05) is 60.7 Å². The molecule has 0 saturated carbocycles. The van der Waals surface area contributed by atoms with Crippen LogP contribution in [0.25, 0.3) is 0 Å². The Balaban J connectivity index is 2.02. The number of hydrogen-bond donors (Lipinski definition) is 3. The fourth-order valence-electron chi connectivity index (χ4n) is 2.33. The van der Waals surface area contributed by atoms with E-state index in [0.29, 0.717) is 6.54 Å². The molecule has 3 N–H and O–H groups in total. The van der Waals surface area contributed by atoms with Crippen molar-refractivity contribution in [2.24, 2.45) is 0 Å². The largest absolute Gasteiger partial charge is 0.354 e. The maximum absolute atomic E-state index is 11.9. The molecular formula is C18H21N3O2. The quantitative estimate of drug-likeness (QED) is 0.762. The van der Waals surface area contributed by atoms with Crippen LogP contribution in [0.1, 0.15) is 17.0 Å². The van der Waals surface area contributed by atoms with Gasteiger partial charge in [-0.05, 0) is 11.1 Å². The highest BCUT2D eigenvalue weighted by Gasteiger charge is 2.15. The summed E-state index contributed by atoms with van der Waals surface area (Å²) in [5.74, 6) is -0.146. The van der Waals surface area contributed by atoms with Gasteiger partial charge in [0.15, 0.2) is 0 Å². The van der Waals surface area contributed by atoms with Crippen molar-refractivity contribution in [3.63, 3.8) is 0 Å². The molecule has 0 spiro atoms. The minimum absolute atomic E-state index is 0.0457. The van der Waals surface area contributed by atoms with Crippen molar-refractivity contribution in [3.05, 3.63) is 71.8 Å². The van der Waals surface area contributed by atoms with Crippen LogP contribution in [0, 0.1) is 0 Å². The molecule has 120 valence electrons. The Bertz CT molecular complexity index is 590. The zero-order valence-corrected chi connectivity index (χ0v) is 13.1. The number of rotatable bonds is 6. The fourth-order valence-corrected chi connectivity index (χ4v) is 2.33. The number of urea groups is 1. The summed E-state index contributed by atoms with van der Waals surface area (Å²) in [6.45, 7) is 0.429. The highest BCUT2D eigenvalue weighted by Crippen LogP contribution is 2.23. The zero-order valence-electron chi connectivity index (χ0n) is 13.1. The van der Waals surface area contributed by atoms with Gasteiger partial charge >= 0.3 is 6.03 Å². The van der Waals surface area contributed by atoms with Crippen molar-refractivity contribution >= 4 is 11.9 Å². The smallest absolute Gasteiger partial charge is 0.314 e. The van der Waals surface area contributed by atoms with Crippen molar-refractivity contribution in [2.45, 2.75) is 5.92 Å². The monoisotopic (exact) mass is 311 g/mol. The molecule has 5 nitrogen and oxygen atoms in total. The van der Waals surface area contributed by atoms with Crippen LogP contribution >= 0.6 is 0 Å². The van der Waals surface area contributed by atoms with Crippen LogP contribution in [-0.2, 0) is 4.79 Å². The number of hydrogen-bond acceptors (Lipinski definition) is 2. The Morgan fingerprint density at radius 2 is 1.39 bits per heavy atom. The predicted molar refractivity (Wildman–Crippen MR) is 90.2 cm³/mol. The van der Waals surface area contributed by atoms with Crippen molar-refractivity contribution < 1.29 is 9.59 Å². The Morgan fingerprint density at radius 3 is 1.87 bits per heavy atom. The molecule has 2 aromatic rings. The molecule has 0 aliphatic rings. The molecule has 0 saturated heterocycles. The molecule has 0 aliphatic heterocycles. The van der Waals surface area contributed by atoms with Gasteiger partial charge in [-0.25, -0.2) is 4.79 Å². The van der Waals surface area contributed by atoms with E-state index in [2.05, 4.69) is 16.0 Å². The van der Waals surface area contributed by atoms with Gasteiger partial charge in [-0.2, -0.15) is 0 Å². The van der Waals surface area contributed by atoms with E-state index in [-0.39, 0.29) is 24.4 Å². The molecule has 2 rings (SSSR count). The van der Waals surface area contributed by atoms with E-state index in [1.54, 1.807) is 0 Å². The molecule has 0 unspecified atom stereocenters. The summed E-state index contributed by atoms with van der Waals surface area (Å²) in [5.41, 5.74) is 2.27. The zero-order chi connectivity index (χ0) is 16.5. The Labute approximate surface area is 136 Å².